The number of hydrogen-bond acceptors (Lipinski definition) is 2. The number of halogens is 2. The van der Waals surface area contributed by atoms with E-state index in [0.717, 1.165) is 12.1 Å². The molecule has 0 saturated heterocycles. The van der Waals surface area contributed by atoms with Crippen LogP contribution in [0, 0.1) is 11.6 Å². The molecule has 0 aliphatic rings. The van der Waals surface area contributed by atoms with Gasteiger partial charge in [-0.2, -0.15) is 0 Å². The molecule has 0 spiro atoms. The Morgan fingerprint density at radius 3 is 2.67 bits per heavy atom. The standard InChI is InChI=1S/C12H13F2N3O/c1-17-12(18)8(4-5-15)11(16-17)7-2-3-9(13)10(14)6-7/h2-3,6,16H,4-5,15H2,1H3. The molecule has 0 amide bonds. The zero-order valence-electron chi connectivity index (χ0n) is 9.84. The van der Waals surface area contributed by atoms with E-state index in [0.29, 0.717) is 29.8 Å². The largest absolute Gasteiger partial charge is 0.330 e. The van der Waals surface area contributed by atoms with E-state index in [1.54, 1.807) is 7.05 Å². The van der Waals surface area contributed by atoms with Crippen molar-refractivity contribution in [2.45, 2.75) is 6.42 Å². The second-order valence-electron chi connectivity index (χ2n) is 4.00. The van der Waals surface area contributed by atoms with Gasteiger partial charge in [0.2, 0.25) is 0 Å². The van der Waals surface area contributed by atoms with Crippen molar-refractivity contribution in [1.82, 2.24) is 9.78 Å². The van der Waals surface area contributed by atoms with Gasteiger partial charge in [-0.05, 0) is 31.2 Å². The van der Waals surface area contributed by atoms with Crippen molar-refractivity contribution in [3.63, 3.8) is 0 Å². The van der Waals surface area contributed by atoms with Crippen molar-refractivity contribution in [3.05, 3.63) is 45.8 Å². The lowest BCUT2D eigenvalue weighted by Crippen LogP contribution is -2.17. The number of H-pyrrole nitrogens is 1. The number of nitrogens with one attached hydrogen (secondary N) is 1. The molecule has 0 saturated carbocycles. The summed E-state index contributed by atoms with van der Waals surface area (Å²) in [7, 11) is 1.56. The van der Waals surface area contributed by atoms with Crippen molar-refractivity contribution in [3.8, 4) is 11.3 Å². The summed E-state index contributed by atoms with van der Waals surface area (Å²) in [5.74, 6) is -1.87. The lowest BCUT2D eigenvalue weighted by molar-refractivity contribution is 0.509. The molecule has 1 heterocycles. The number of nitrogens with zero attached hydrogens (tertiary/aromatic N) is 1. The van der Waals surface area contributed by atoms with Gasteiger partial charge in [0.05, 0.1) is 5.69 Å². The first-order valence-corrected chi connectivity index (χ1v) is 5.48. The quantitative estimate of drug-likeness (QED) is 0.862. The summed E-state index contributed by atoms with van der Waals surface area (Å²) in [6, 6.07) is 3.51. The normalized spacial score (nSPS) is 10.9. The molecule has 4 nitrogen and oxygen atoms in total. The van der Waals surface area contributed by atoms with Crippen LogP contribution in [0.5, 0.6) is 0 Å². The molecule has 2 aromatic rings. The van der Waals surface area contributed by atoms with Crippen molar-refractivity contribution in [2.24, 2.45) is 12.8 Å². The van der Waals surface area contributed by atoms with Crippen LogP contribution in [0.25, 0.3) is 11.3 Å². The monoisotopic (exact) mass is 253 g/mol. The van der Waals surface area contributed by atoms with Crippen LogP contribution >= 0.6 is 0 Å². The topological polar surface area (TPSA) is 63.8 Å². The summed E-state index contributed by atoms with van der Waals surface area (Å²) in [6.45, 7) is 0.309. The van der Waals surface area contributed by atoms with Crippen LogP contribution in [-0.4, -0.2) is 16.3 Å². The highest BCUT2D eigenvalue weighted by Gasteiger charge is 2.14. The Morgan fingerprint density at radius 2 is 2.06 bits per heavy atom. The highest BCUT2D eigenvalue weighted by molar-refractivity contribution is 5.62. The molecule has 0 aliphatic carbocycles. The van der Waals surface area contributed by atoms with Crippen LogP contribution in [0.3, 0.4) is 0 Å². The molecule has 0 atom stereocenters. The second kappa shape index (κ2) is 4.73. The number of aryl methyl sites for hydroxylation is 1. The summed E-state index contributed by atoms with van der Waals surface area (Å²) in [4.78, 5) is 11.8. The van der Waals surface area contributed by atoms with E-state index in [4.69, 9.17) is 5.73 Å². The Labute approximate surface area is 102 Å². The molecular formula is C12H13F2N3O. The smallest absolute Gasteiger partial charge is 0.270 e. The van der Waals surface area contributed by atoms with Gasteiger partial charge in [-0.3, -0.25) is 14.6 Å². The Bertz CT molecular complexity index is 631. The van der Waals surface area contributed by atoms with E-state index in [9.17, 15) is 13.6 Å². The molecule has 3 N–H and O–H groups in total. The van der Waals surface area contributed by atoms with Crippen LogP contribution < -0.4 is 11.3 Å². The number of hydrogen-bond donors (Lipinski definition) is 2. The third-order valence-corrected chi connectivity index (χ3v) is 2.75. The van der Waals surface area contributed by atoms with Gasteiger partial charge in [0.1, 0.15) is 0 Å². The minimum Gasteiger partial charge on any atom is -0.330 e. The van der Waals surface area contributed by atoms with E-state index >= 15 is 0 Å². The third-order valence-electron chi connectivity index (χ3n) is 2.75. The van der Waals surface area contributed by atoms with E-state index in [1.165, 1.54) is 10.7 Å². The zero-order valence-corrected chi connectivity index (χ0v) is 9.84. The second-order valence-corrected chi connectivity index (χ2v) is 4.00. The predicted octanol–water partition coefficient (Wildman–Crippen LogP) is 1.16. The summed E-state index contributed by atoms with van der Waals surface area (Å²) >= 11 is 0. The van der Waals surface area contributed by atoms with Crippen molar-refractivity contribution < 1.29 is 8.78 Å². The Hall–Kier alpha value is -1.95. The van der Waals surface area contributed by atoms with Gasteiger partial charge in [0.15, 0.2) is 11.6 Å². The van der Waals surface area contributed by atoms with Crippen LogP contribution in [-0.2, 0) is 13.5 Å². The average molecular weight is 253 g/mol. The van der Waals surface area contributed by atoms with E-state index in [1.807, 2.05) is 0 Å². The minimum absolute atomic E-state index is 0.208. The number of rotatable bonds is 3. The predicted molar refractivity (Wildman–Crippen MR) is 64.1 cm³/mol. The maximum atomic E-state index is 13.2. The molecule has 0 unspecified atom stereocenters. The molecule has 96 valence electrons. The molecule has 0 fully saturated rings. The van der Waals surface area contributed by atoms with Crippen LogP contribution in [0.4, 0.5) is 8.78 Å². The van der Waals surface area contributed by atoms with E-state index < -0.39 is 11.6 Å². The summed E-state index contributed by atoms with van der Waals surface area (Å²) in [6.07, 6.45) is 0.379. The minimum atomic E-state index is -0.948. The number of aromatic nitrogens is 2. The van der Waals surface area contributed by atoms with Crippen LogP contribution in [0.15, 0.2) is 23.0 Å². The molecule has 1 aromatic heterocycles. The van der Waals surface area contributed by atoms with Gasteiger partial charge in [0.25, 0.3) is 5.56 Å². The van der Waals surface area contributed by atoms with Crippen LogP contribution in [0.1, 0.15) is 5.56 Å². The van der Waals surface area contributed by atoms with Crippen molar-refractivity contribution in [1.29, 1.82) is 0 Å². The summed E-state index contributed by atoms with van der Waals surface area (Å²) < 4.78 is 27.4. The Balaban J connectivity index is 2.59. The highest BCUT2D eigenvalue weighted by atomic mass is 19.2. The van der Waals surface area contributed by atoms with E-state index in [2.05, 4.69) is 5.10 Å². The maximum absolute atomic E-state index is 13.2. The van der Waals surface area contributed by atoms with Crippen molar-refractivity contribution >= 4 is 0 Å². The Kier molecular flexibility index (Phi) is 3.29. The van der Waals surface area contributed by atoms with Gasteiger partial charge in [-0.1, -0.05) is 0 Å². The first kappa shape index (κ1) is 12.5. The first-order valence-electron chi connectivity index (χ1n) is 5.48. The van der Waals surface area contributed by atoms with Crippen molar-refractivity contribution in [2.75, 3.05) is 6.54 Å². The SMILES string of the molecule is Cn1[nH]c(-c2ccc(F)c(F)c2)c(CCN)c1=O. The Morgan fingerprint density at radius 1 is 1.33 bits per heavy atom. The molecule has 1 aromatic carbocycles. The summed E-state index contributed by atoms with van der Waals surface area (Å²) in [5, 5.41) is 2.82. The lowest BCUT2D eigenvalue weighted by Gasteiger charge is -2.02. The average Bonchev–Trinajstić information content (AvgIpc) is 2.61. The fourth-order valence-electron chi connectivity index (χ4n) is 1.86. The fraction of sp³-hybridized carbons (Fsp3) is 0.250. The number of nitrogens with two attached hydrogens (primary N) is 1. The lowest BCUT2D eigenvalue weighted by atomic mass is 10.1. The zero-order chi connectivity index (χ0) is 13.3. The maximum Gasteiger partial charge on any atom is 0.270 e. The summed E-state index contributed by atoms with van der Waals surface area (Å²) in [5.41, 5.74) is 6.62. The molecule has 0 radical (unpaired) electrons. The van der Waals surface area contributed by atoms with Gasteiger partial charge < -0.3 is 5.73 Å². The third kappa shape index (κ3) is 2.06. The van der Waals surface area contributed by atoms with Gasteiger partial charge in [-0.25, -0.2) is 8.78 Å². The van der Waals surface area contributed by atoms with E-state index in [-0.39, 0.29) is 5.56 Å². The highest BCUT2D eigenvalue weighted by Crippen LogP contribution is 2.21. The molecule has 6 heteroatoms. The first-order chi connectivity index (χ1) is 8.54. The number of benzene rings is 1. The van der Waals surface area contributed by atoms with Crippen LogP contribution in [0.2, 0.25) is 0 Å². The molecule has 0 aliphatic heterocycles. The molecule has 2 rings (SSSR count). The number of aromatic amines is 1. The molecular weight excluding hydrogens is 240 g/mol. The van der Waals surface area contributed by atoms with Gasteiger partial charge >= 0.3 is 0 Å². The van der Waals surface area contributed by atoms with Gasteiger partial charge in [0, 0.05) is 18.2 Å². The molecule has 18 heavy (non-hydrogen) atoms. The fourth-order valence-corrected chi connectivity index (χ4v) is 1.86. The van der Waals surface area contributed by atoms with Gasteiger partial charge in [-0.15, -0.1) is 0 Å². The molecule has 0 bridgehead atoms.